The van der Waals surface area contributed by atoms with E-state index in [1.165, 1.54) is 6.42 Å². The molecule has 0 aromatic heterocycles. The number of carbonyl (C=O) groups is 2. The molecule has 5 nitrogen and oxygen atoms in total. The summed E-state index contributed by atoms with van der Waals surface area (Å²) in [5, 5.41) is 2.75. The average Bonchev–Trinajstić information content (AvgIpc) is 2.70. The lowest BCUT2D eigenvalue weighted by Crippen LogP contribution is -2.12. The lowest BCUT2D eigenvalue weighted by Gasteiger charge is -2.12. The smallest absolute Gasteiger partial charge is 0.347 e. The standard InChI is InChI=1S/C22H26BrNO4/c1-3-5-6-7-14-27-20-13-8-16(23)15-19(20)22(26)28-18-11-9-17(10-12-18)24-21(25)4-2/h8-13,15H,3-7,14H2,1-2H3,(H,24,25). The van der Waals surface area contributed by atoms with Gasteiger partial charge in [-0.1, -0.05) is 49.0 Å². The molecule has 0 heterocycles. The van der Waals surface area contributed by atoms with E-state index in [1.54, 1.807) is 43.3 Å². The molecule has 0 spiro atoms. The van der Waals surface area contributed by atoms with Crippen LogP contribution in [0.15, 0.2) is 46.9 Å². The number of halogens is 1. The number of carbonyl (C=O) groups excluding carboxylic acids is 2. The number of rotatable bonds is 10. The Hall–Kier alpha value is -2.34. The number of esters is 1. The first kappa shape index (κ1) is 22.0. The zero-order valence-electron chi connectivity index (χ0n) is 16.3. The maximum atomic E-state index is 12.6. The molecule has 2 rings (SSSR count). The van der Waals surface area contributed by atoms with Crippen molar-refractivity contribution in [3.8, 4) is 11.5 Å². The largest absolute Gasteiger partial charge is 0.493 e. The molecular formula is C22H26BrNO4. The third kappa shape index (κ3) is 7.00. The predicted molar refractivity (Wildman–Crippen MR) is 114 cm³/mol. The fraction of sp³-hybridized carbons (Fsp3) is 0.364. The molecule has 150 valence electrons. The van der Waals surface area contributed by atoms with Crippen molar-refractivity contribution in [2.45, 2.75) is 46.0 Å². The molecule has 2 aromatic carbocycles. The van der Waals surface area contributed by atoms with Crippen LogP contribution in [0.1, 0.15) is 56.3 Å². The Bertz CT molecular complexity index is 790. The minimum absolute atomic E-state index is 0.0698. The average molecular weight is 448 g/mol. The topological polar surface area (TPSA) is 64.6 Å². The van der Waals surface area contributed by atoms with Gasteiger partial charge in [0.25, 0.3) is 0 Å². The van der Waals surface area contributed by atoms with Gasteiger partial charge >= 0.3 is 5.97 Å². The van der Waals surface area contributed by atoms with Gasteiger partial charge in [0.2, 0.25) is 5.91 Å². The molecule has 2 aromatic rings. The van der Waals surface area contributed by atoms with Crippen LogP contribution in [0.2, 0.25) is 0 Å². The number of ether oxygens (including phenoxy) is 2. The summed E-state index contributed by atoms with van der Waals surface area (Å²) in [4.78, 5) is 24.1. The van der Waals surface area contributed by atoms with Crippen molar-refractivity contribution in [1.29, 1.82) is 0 Å². The molecule has 0 unspecified atom stereocenters. The van der Waals surface area contributed by atoms with Gasteiger partial charge in [-0.25, -0.2) is 4.79 Å². The number of benzene rings is 2. The normalized spacial score (nSPS) is 10.4. The summed E-state index contributed by atoms with van der Waals surface area (Å²) in [6.07, 6.45) is 4.79. The first-order valence-corrected chi connectivity index (χ1v) is 10.4. The van der Waals surface area contributed by atoms with Crippen LogP contribution in [0.25, 0.3) is 0 Å². The number of hydrogen-bond donors (Lipinski definition) is 1. The predicted octanol–water partition coefficient (Wildman–Crippen LogP) is 5.98. The minimum atomic E-state index is -0.491. The lowest BCUT2D eigenvalue weighted by molar-refractivity contribution is -0.115. The first-order chi connectivity index (χ1) is 13.5. The zero-order chi connectivity index (χ0) is 20.4. The van der Waals surface area contributed by atoms with Gasteiger partial charge in [-0.2, -0.15) is 0 Å². The highest BCUT2D eigenvalue weighted by Gasteiger charge is 2.16. The van der Waals surface area contributed by atoms with Gasteiger partial charge in [0.05, 0.1) is 6.61 Å². The maximum absolute atomic E-state index is 12.6. The molecule has 0 radical (unpaired) electrons. The highest BCUT2D eigenvalue weighted by atomic mass is 79.9. The van der Waals surface area contributed by atoms with Gasteiger partial charge in [-0.15, -0.1) is 0 Å². The van der Waals surface area contributed by atoms with Gasteiger partial charge in [0.1, 0.15) is 17.1 Å². The second-order valence-corrected chi connectivity index (χ2v) is 7.28. The van der Waals surface area contributed by atoms with Crippen molar-refractivity contribution in [3.63, 3.8) is 0 Å². The van der Waals surface area contributed by atoms with E-state index >= 15 is 0 Å². The van der Waals surface area contributed by atoms with Gasteiger partial charge in [-0.3, -0.25) is 4.79 Å². The Morgan fingerprint density at radius 2 is 1.75 bits per heavy atom. The van der Waals surface area contributed by atoms with Crippen molar-refractivity contribution in [2.24, 2.45) is 0 Å². The zero-order valence-corrected chi connectivity index (χ0v) is 17.9. The van der Waals surface area contributed by atoms with Crippen LogP contribution >= 0.6 is 15.9 Å². The number of hydrogen-bond acceptors (Lipinski definition) is 4. The van der Waals surface area contributed by atoms with E-state index in [0.29, 0.717) is 35.8 Å². The molecule has 6 heteroatoms. The van der Waals surface area contributed by atoms with Crippen LogP contribution in [0.4, 0.5) is 5.69 Å². The molecular weight excluding hydrogens is 422 g/mol. The Balaban J connectivity index is 2.02. The molecule has 0 aliphatic rings. The second kappa shape index (κ2) is 11.5. The summed E-state index contributed by atoms with van der Waals surface area (Å²) in [5.41, 5.74) is 1.03. The Morgan fingerprint density at radius 1 is 1.00 bits per heavy atom. The molecule has 1 N–H and O–H groups in total. The second-order valence-electron chi connectivity index (χ2n) is 6.37. The number of nitrogens with one attached hydrogen (secondary N) is 1. The molecule has 28 heavy (non-hydrogen) atoms. The molecule has 0 fully saturated rings. The van der Waals surface area contributed by atoms with E-state index in [2.05, 4.69) is 28.2 Å². The van der Waals surface area contributed by atoms with E-state index in [4.69, 9.17) is 9.47 Å². The Labute approximate surface area is 174 Å². The van der Waals surface area contributed by atoms with Crippen molar-refractivity contribution in [2.75, 3.05) is 11.9 Å². The first-order valence-electron chi connectivity index (χ1n) is 9.58. The van der Waals surface area contributed by atoms with E-state index < -0.39 is 5.97 Å². The summed E-state index contributed by atoms with van der Waals surface area (Å²) < 4.78 is 12.1. The third-order valence-corrected chi connectivity index (χ3v) is 4.58. The summed E-state index contributed by atoms with van der Waals surface area (Å²) >= 11 is 3.39. The van der Waals surface area contributed by atoms with Crippen LogP contribution in [0.3, 0.4) is 0 Å². The molecule has 0 saturated heterocycles. The molecule has 1 amide bonds. The molecule has 0 aliphatic carbocycles. The summed E-state index contributed by atoms with van der Waals surface area (Å²) in [5.74, 6) is 0.347. The van der Waals surface area contributed by atoms with E-state index in [-0.39, 0.29) is 5.91 Å². The Morgan fingerprint density at radius 3 is 2.43 bits per heavy atom. The fourth-order valence-corrected chi connectivity index (χ4v) is 2.88. The van der Waals surface area contributed by atoms with Crippen molar-refractivity contribution in [3.05, 3.63) is 52.5 Å². The molecule has 0 aliphatic heterocycles. The number of unbranched alkanes of at least 4 members (excludes halogenated alkanes) is 3. The van der Waals surface area contributed by atoms with E-state index in [1.807, 2.05) is 6.07 Å². The number of anilines is 1. The van der Waals surface area contributed by atoms with Crippen molar-refractivity contribution < 1.29 is 19.1 Å². The quantitative estimate of drug-likeness (QED) is 0.276. The minimum Gasteiger partial charge on any atom is -0.493 e. The van der Waals surface area contributed by atoms with Crippen molar-refractivity contribution >= 4 is 33.5 Å². The summed E-state index contributed by atoms with van der Waals surface area (Å²) in [7, 11) is 0. The SMILES string of the molecule is CCCCCCOc1ccc(Br)cc1C(=O)Oc1ccc(NC(=O)CC)cc1. The van der Waals surface area contributed by atoms with Crippen LogP contribution in [0.5, 0.6) is 11.5 Å². The van der Waals surface area contributed by atoms with Gasteiger partial charge in [0.15, 0.2) is 0 Å². The van der Waals surface area contributed by atoms with E-state index in [0.717, 1.165) is 23.7 Å². The monoisotopic (exact) mass is 447 g/mol. The van der Waals surface area contributed by atoms with Crippen LogP contribution in [-0.2, 0) is 4.79 Å². The van der Waals surface area contributed by atoms with Crippen LogP contribution < -0.4 is 14.8 Å². The van der Waals surface area contributed by atoms with Crippen LogP contribution in [0, 0.1) is 0 Å². The van der Waals surface area contributed by atoms with Gasteiger partial charge < -0.3 is 14.8 Å². The highest BCUT2D eigenvalue weighted by Crippen LogP contribution is 2.26. The molecule has 0 bridgehead atoms. The molecule has 0 atom stereocenters. The Kier molecular flexibility index (Phi) is 9.01. The summed E-state index contributed by atoms with van der Waals surface area (Å²) in [6, 6.07) is 12.0. The summed E-state index contributed by atoms with van der Waals surface area (Å²) in [6.45, 7) is 4.51. The maximum Gasteiger partial charge on any atom is 0.347 e. The fourth-order valence-electron chi connectivity index (χ4n) is 2.52. The molecule has 0 saturated carbocycles. The lowest BCUT2D eigenvalue weighted by atomic mass is 10.2. The highest BCUT2D eigenvalue weighted by molar-refractivity contribution is 9.10. The number of amides is 1. The van der Waals surface area contributed by atoms with Gasteiger partial charge in [0, 0.05) is 16.6 Å². The van der Waals surface area contributed by atoms with Crippen molar-refractivity contribution in [1.82, 2.24) is 0 Å². The third-order valence-electron chi connectivity index (χ3n) is 4.09. The van der Waals surface area contributed by atoms with Gasteiger partial charge in [-0.05, 0) is 48.9 Å². The van der Waals surface area contributed by atoms with Crippen LogP contribution in [-0.4, -0.2) is 18.5 Å². The van der Waals surface area contributed by atoms with E-state index in [9.17, 15) is 9.59 Å².